The topological polar surface area (TPSA) is 0 Å². The number of benzene rings is 1. The first-order valence-electron chi connectivity index (χ1n) is 4.03. The predicted molar refractivity (Wildman–Crippen MR) is 49.7 cm³/mol. The van der Waals surface area contributed by atoms with Crippen LogP contribution >= 0.6 is 11.6 Å². The summed E-state index contributed by atoms with van der Waals surface area (Å²) in [5.74, 6) is -0.240. The van der Waals surface area contributed by atoms with E-state index in [1.807, 2.05) is 13.3 Å². The van der Waals surface area contributed by atoms with Gasteiger partial charge < -0.3 is 0 Å². The Morgan fingerprint density at radius 3 is 2.83 bits per heavy atom. The summed E-state index contributed by atoms with van der Waals surface area (Å²) in [5.41, 5.74) is 0.529. The van der Waals surface area contributed by atoms with E-state index in [1.54, 1.807) is 12.1 Å². The molecule has 0 aromatic heterocycles. The van der Waals surface area contributed by atoms with Gasteiger partial charge in [-0.25, -0.2) is 4.39 Å². The smallest absolute Gasteiger partial charge is 0.128 e. The molecule has 12 heavy (non-hydrogen) atoms. The lowest BCUT2D eigenvalue weighted by Crippen LogP contribution is -1.88. The Labute approximate surface area is 77.4 Å². The highest BCUT2D eigenvalue weighted by molar-refractivity contribution is 6.31. The number of halogens is 2. The standard InChI is InChI=1S/C10H11ClF/c1-2-3-5-8-9(11)6-4-7-10(8)12/h4-7H,2-3H2,1H3. The van der Waals surface area contributed by atoms with Crippen LogP contribution in [0.1, 0.15) is 25.3 Å². The molecule has 0 aliphatic rings. The summed E-state index contributed by atoms with van der Waals surface area (Å²) in [4.78, 5) is 0. The molecular formula is C10H11ClF. The van der Waals surface area contributed by atoms with Gasteiger partial charge in [-0.1, -0.05) is 31.0 Å². The number of hydrogen-bond acceptors (Lipinski definition) is 0. The minimum atomic E-state index is -0.240. The summed E-state index contributed by atoms with van der Waals surface area (Å²) >= 11 is 5.79. The van der Waals surface area contributed by atoms with Crippen LogP contribution in [0.3, 0.4) is 0 Å². The molecule has 1 aromatic rings. The Balaban J connectivity index is 2.81. The fourth-order valence-electron chi connectivity index (χ4n) is 0.994. The first-order valence-corrected chi connectivity index (χ1v) is 4.40. The van der Waals surface area contributed by atoms with Crippen LogP contribution in [0.4, 0.5) is 4.39 Å². The molecule has 1 radical (unpaired) electrons. The molecule has 0 N–H and O–H groups in total. The molecule has 0 heterocycles. The van der Waals surface area contributed by atoms with Gasteiger partial charge in [0.25, 0.3) is 0 Å². The molecule has 0 saturated heterocycles. The van der Waals surface area contributed by atoms with Crippen molar-refractivity contribution in [2.75, 3.05) is 0 Å². The van der Waals surface area contributed by atoms with Crippen LogP contribution in [-0.4, -0.2) is 0 Å². The van der Waals surface area contributed by atoms with Gasteiger partial charge in [0.15, 0.2) is 0 Å². The molecule has 2 heteroatoms. The van der Waals surface area contributed by atoms with E-state index in [1.165, 1.54) is 6.07 Å². The largest absolute Gasteiger partial charge is 0.207 e. The van der Waals surface area contributed by atoms with Gasteiger partial charge in [-0.2, -0.15) is 0 Å². The van der Waals surface area contributed by atoms with Gasteiger partial charge in [-0.15, -0.1) is 0 Å². The Bertz CT molecular complexity index is 238. The van der Waals surface area contributed by atoms with Crippen molar-refractivity contribution in [1.29, 1.82) is 0 Å². The molecule has 0 aliphatic heterocycles. The summed E-state index contributed by atoms with van der Waals surface area (Å²) in [7, 11) is 0. The predicted octanol–water partition coefficient (Wildman–Crippen LogP) is 3.83. The van der Waals surface area contributed by atoms with Gasteiger partial charge in [-0.3, -0.25) is 0 Å². The van der Waals surface area contributed by atoms with Crippen LogP contribution in [0, 0.1) is 12.2 Å². The zero-order valence-corrected chi connectivity index (χ0v) is 7.74. The van der Waals surface area contributed by atoms with Crippen LogP contribution in [0.15, 0.2) is 18.2 Å². The minimum Gasteiger partial charge on any atom is -0.207 e. The summed E-state index contributed by atoms with van der Waals surface area (Å²) in [5, 5.41) is 0.489. The van der Waals surface area contributed by atoms with Crippen LogP contribution in [0.5, 0.6) is 0 Å². The Morgan fingerprint density at radius 2 is 2.25 bits per heavy atom. The fourth-order valence-corrected chi connectivity index (χ4v) is 1.23. The monoisotopic (exact) mass is 185 g/mol. The van der Waals surface area contributed by atoms with Crippen LogP contribution in [-0.2, 0) is 0 Å². The zero-order valence-electron chi connectivity index (χ0n) is 6.98. The van der Waals surface area contributed by atoms with Crippen molar-refractivity contribution in [1.82, 2.24) is 0 Å². The Morgan fingerprint density at radius 1 is 1.50 bits per heavy atom. The maximum Gasteiger partial charge on any atom is 0.128 e. The number of hydrogen-bond donors (Lipinski definition) is 0. The lowest BCUT2D eigenvalue weighted by atomic mass is 10.1. The van der Waals surface area contributed by atoms with Crippen LogP contribution in [0.2, 0.25) is 5.02 Å². The van der Waals surface area contributed by atoms with Gasteiger partial charge >= 0.3 is 0 Å². The zero-order chi connectivity index (χ0) is 8.97. The first-order chi connectivity index (χ1) is 5.75. The highest BCUT2D eigenvalue weighted by Gasteiger charge is 2.05. The molecule has 0 unspecified atom stereocenters. The SMILES string of the molecule is CCC[CH]c1c(F)cccc1Cl. The van der Waals surface area contributed by atoms with E-state index in [2.05, 4.69) is 0 Å². The van der Waals surface area contributed by atoms with Crippen molar-refractivity contribution in [2.24, 2.45) is 0 Å². The molecule has 0 bridgehead atoms. The summed E-state index contributed by atoms with van der Waals surface area (Å²) < 4.78 is 13.1. The van der Waals surface area contributed by atoms with Crippen molar-refractivity contribution >= 4 is 11.6 Å². The Kier molecular flexibility index (Phi) is 3.54. The molecule has 0 spiro atoms. The molecule has 0 amide bonds. The third-order valence-electron chi connectivity index (χ3n) is 1.64. The highest BCUT2D eigenvalue weighted by atomic mass is 35.5. The lowest BCUT2D eigenvalue weighted by molar-refractivity contribution is 0.618. The fraction of sp³-hybridized carbons (Fsp3) is 0.300. The van der Waals surface area contributed by atoms with Crippen molar-refractivity contribution < 1.29 is 4.39 Å². The molecule has 0 atom stereocenters. The second kappa shape index (κ2) is 4.46. The van der Waals surface area contributed by atoms with Crippen LogP contribution in [0.25, 0.3) is 0 Å². The van der Waals surface area contributed by atoms with Crippen molar-refractivity contribution in [2.45, 2.75) is 19.8 Å². The van der Waals surface area contributed by atoms with Crippen molar-refractivity contribution in [3.8, 4) is 0 Å². The molecule has 1 rings (SSSR count). The van der Waals surface area contributed by atoms with E-state index >= 15 is 0 Å². The molecule has 65 valence electrons. The normalized spacial score (nSPS) is 10.2. The van der Waals surface area contributed by atoms with Gasteiger partial charge in [0.05, 0.1) is 0 Å². The molecule has 0 saturated carbocycles. The van der Waals surface area contributed by atoms with E-state index in [9.17, 15) is 4.39 Å². The Hall–Kier alpha value is -0.560. The number of unbranched alkanes of at least 4 members (excludes halogenated alkanes) is 1. The summed E-state index contributed by atoms with van der Waals surface area (Å²) in [6, 6.07) is 4.74. The van der Waals surface area contributed by atoms with Gasteiger partial charge in [0.2, 0.25) is 0 Å². The van der Waals surface area contributed by atoms with E-state index < -0.39 is 0 Å². The van der Waals surface area contributed by atoms with E-state index in [0.717, 1.165) is 12.8 Å². The minimum absolute atomic E-state index is 0.240. The molecule has 1 aromatic carbocycles. The average molecular weight is 186 g/mol. The maximum absolute atomic E-state index is 13.1. The van der Waals surface area contributed by atoms with Crippen molar-refractivity contribution in [3.63, 3.8) is 0 Å². The third-order valence-corrected chi connectivity index (χ3v) is 1.97. The maximum atomic E-state index is 13.1. The van der Waals surface area contributed by atoms with E-state index in [0.29, 0.717) is 10.6 Å². The molecule has 0 nitrogen and oxygen atoms in total. The van der Waals surface area contributed by atoms with Crippen molar-refractivity contribution in [3.05, 3.63) is 41.0 Å². The van der Waals surface area contributed by atoms with Gasteiger partial charge in [0.1, 0.15) is 5.82 Å². The molecular weight excluding hydrogens is 175 g/mol. The molecule has 0 aliphatic carbocycles. The second-order valence-electron chi connectivity index (χ2n) is 2.63. The van der Waals surface area contributed by atoms with E-state index in [4.69, 9.17) is 11.6 Å². The molecule has 0 fully saturated rings. The lowest BCUT2D eigenvalue weighted by Gasteiger charge is -2.03. The quantitative estimate of drug-likeness (QED) is 0.672. The highest BCUT2D eigenvalue weighted by Crippen LogP contribution is 2.21. The van der Waals surface area contributed by atoms with Gasteiger partial charge in [0, 0.05) is 10.6 Å². The van der Waals surface area contributed by atoms with Gasteiger partial charge in [-0.05, 0) is 25.0 Å². The third kappa shape index (κ3) is 2.21. The summed E-state index contributed by atoms with van der Waals surface area (Å²) in [6.07, 6.45) is 3.70. The second-order valence-corrected chi connectivity index (χ2v) is 3.04. The van der Waals surface area contributed by atoms with Crippen LogP contribution < -0.4 is 0 Å². The first kappa shape index (κ1) is 9.53. The summed E-state index contributed by atoms with van der Waals surface area (Å²) in [6.45, 7) is 2.05. The van der Waals surface area contributed by atoms with E-state index in [-0.39, 0.29) is 5.82 Å². The number of rotatable bonds is 3. The average Bonchev–Trinajstić information content (AvgIpc) is 2.04.